The fourth-order valence-corrected chi connectivity index (χ4v) is 4.10. The van der Waals surface area contributed by atoms with Gasteiger partial charge in [-0.3, -0.25) is 9.59 Å². The number of halogens is 2. The molecule has 0 radical (unpaired) electrons. The van der Waals surface area contributed by atoms with Crippen LogP contribution in [0.15, 0.2) is 53.0 Å². The zero-order valence-electron chi connectivity index (χ0n) is 19.6. The first kappa shape index (κ1) is 25.8. The van der Waals surface area contributed by atoms with Crippen LogP contribution in [0.5, 0.6) is 11.5 Å². The number of anilines is 1. The van der Waals surface area contributed by atoms with Gasteiger partial charge in [0.2, 0.25) is 0 Å². The summed E-state index contributed by atoms with van der Waals surface area (Å²) >= 11 is 9.74. The zero-order valence-corrected chi connectivity index (χ0v) is 22.0. The molecule has 0 aromatic heterocycles. The molecule has 0 bridgehead atoms. The standard InChI is InChI=1S/C27H27BrClNO4/c1-16-7-12-22(17(2)14-16)30-27(32)20-8-10-21(11-9-20)34-24(31)6-5-13-33-23-15-18(3)26(29)19(4)25(23)28/h7-12,14-15H,5-6,13H2,1-4H3,(H,30,32). The van der Waals surface area contributed by atoms with Gasteiger partial charge in [0.25, 0.3) is 5.91 Å². The van der Waals surface area contributed by atoms with Crippen LogP contribution in [0.25, 0.3) is 0 Å². The second kappa shape index (κ2) is 11.5. The van der Waals surface area contributed by atoms with Gasteiger partial charge in [0.05, 0.1) is 11.1 Å². The molecule has 0 spiro atoms. The molecule has 0 fully saturated rings. The van der Waals surface area contributed by atoms with Crippen molar-refractivity contribution in [2.24, 2.45) is 0 Å². The van der Waals surface area contributed by atoms with Crippen molar-refractivity contribution in [2.45, 2.75) is 40.5 Å². The lowest BCUT2D eigenvalue weighted by Crippen LogP contribution is -2.13. The molecule has 1 amide bonds. The second-order valence-corrected chi connectivity index (χ2v) is 9.34. The zero-order chi connectivity index (χ0) is 24.8. The van der Waals surface area contributed by atoms with Crippen LogP contribution < -0.4 is 14.8 Å². The molecule has 0 saturated carbocycles. The van der Waals surface area contributed by atoms with Gasteiger partial charge in [-0.25, -0.2) is 0 Å². The van der Waals surface area contributed by atoms with Crippen molar-refractivity contribution in [1.29, 1.82) is 0 Å². The van der Waals surface area contributed by atoms with Crippen molar-refractivity contribution in [3.63, 3.8) is 0 Å². The van der Waals surface area contributed by atoms with E-state index in [0.29, 0.717) is 35.1 Å². The van der Waals surface area contributed by atoms with Gasteiger partial charge in [-0.05, 0) is 103 Å². The monoisotopic (exact) mass is 543 g/mol. The van der Waals surface area contributed by atoms with Crippen molar-refractivity contribution < 1.29 is 19.1 Å². The number of aryl methyl sites for hydroxylation is 3. The van der Waals surface area contributed by atoms with Gasteiger partial charge in [-0.2, -0.15) is 0 Å². The summed E-state index contributed by atoms with van der Waals surface area (Å²) in [6, 6.07) is 14.2. The quantitative estimate of drug-likeness (QED) is 0.183. The van der Waals surface area contributed by atoms with E-state index in [1.54, 1.807) is 24.3 Å². The van der Waals surface area contributed by atoms with Crippen LogP contribution in [0.3, 0.4) is 0 Å². The first-order valence-electron chi connectivity index (χ1n) is 10.9. The maximum atomic E-state index is 12.5. The van der Waals surface area contributed by atoms with Gasteiger partial charge < -0.3 is 14.8 Å². The Bertz CT molecular complexity index is 1210. The molecule has 3 aromatic rings. The van der Waals surface area contributed by atoms with E-state index in [9.17, 15) is 9.59 Å². The SMILES string of the molecule is Cc1ccc(NC(=O)c2ccc(OC(=O)CCCOc3cc(C)c(Cl)c(C)c3Br)cc2)c(C)c1. The third-order valence-electron chi connectivity index (χ3n) is 5.33. The summed E-state index contributed by atoms with van der Waals surface area (Å²) in [5.74, 6) is 0.502. The van der Waals surface area contributed by atoms with Gasteiger partial charge >= 0.3 is 5.97 Å². The average molecular weight is 545 g/mol. The Morgan fingerprint density at radius 3 is 2.35 bits per heavy atom. The molecule has 5 nitrogen and oxygen atoms in total. The van der Waals surface area contributed by atoms with Gasteiger partial charge in [-0.1, -0.05) is 29.3 Å². The van der Waals surface area contributed by atoms with Crippen LogP contribution in [0.1, 0.15) is 45.5 Å². The van der Waals surface area contributed by atoms with Gasteiger partial charge in [0.1, 0.15) is 11.5 Å². The minimum absolute atomic E-state index is 0.206. The van der Waals surface area contributed by atoms with Crippen LogP contribution in [0.2, 0.25) is 5.02 Å². The molecule has 0 atom stereocenters. The summed E-state index contributed by atoms with van der Waals surface area (Å²) in [5, 5.41) is 3.61. The third kappa shape index (κ3) is 6.61. The van der Waals surface area contributed by atoms with Crippen molar-refractivity contribution in [3.8, 4) is 11.5 Å². The van der Waals surface area contributed by atoms with Crippen LogP contribution in [-0.2, 0) is 4.79 Å². The summed E-state index contributed by atoms with van der Waals surface area (Å²) in [7, 11) is 0. The third-order valence-corrected chi connectivity index (χ3v) is 6.90. The highest BCUT2D eigenvalue weighted by atomic mass is 79.9. The second-order valence-electron chi connectivity index (χ2n) is 8.17. The van der Waals surface area contributed by atoms with Gasteiger partial charge in [0, 0.05) is 22.7 Å². The molecule has 0 saturated heterocycles. The predicted octanol–water partition coefficient (Wildman–Crippen LogP) is 7.35. The number of hydrogen-bond acceptors (Lipinski definition) is 4. The molecule has 0 aliphatic carbocycles. The van der Waals surface area contributed by atoms with E-state index in [0.717, 1.165) is 32.4 Å². The highest BCUT2D eigenvalue weighted by molar-refractivity contribution is 9.10. The number of benzene rings is 3. The van der Waals surface area contributed by atoms with E-state index in [2.05, 4.69) is 21.2 Å². The molecular formula is C27H27BrClNO4. The fraction of sp³-hybridized carbons (Fsp3) is 0.259. The molecule has 1 N–H and O–H groups in total. The smallest absolute Gasteiger partial charge is 0.311 e. The summed E-state index contributed by atoms with van der Waals surface area (Å²) < 4.78 is 12.0. The van der Waals surface area contributed by atoms with Crippen LogP contribution in [0, 0.1) is 27.7 Å². The average Bonchev–Trinajstić information content (AvgIpc) is 2.80. The van der Waals surface area contributed by atoms with Crippen LogP contribution in [0.4, 0.5) is 5.69 Å². The van der Waals surface area contributed by atoms with Crippen molar-refractivity contribution >= 4 is 45.1 Å². The Kier molecular flexibility index (Phi) is 8.75. The van der Waals surface area contributed by atoms with Gasteiger partial charge in [-0.15, -0.1) is 0 Å². The molecule has 0 unspecified atom stereocenters. The van der Waals surface area contributed by atoms with Crippen molar-refractivity contribution in [2.75, 3.05) is 11.9 Å². The molecule has 34 heavy (non-hydrogen) atoms. The number of esters is 1. The lowest BCUT2D eigenvalue weighted by Gasteiger charge is -2.13. The minimum atomic E-state index is -0.362. The number of carbonyl (C=O) groups is 2. The van der Waals surface area contributed by atoms with Crippen LogP contribution in [-0.4, -0.2) is 18.5 Å². The van der Waals surface area contributed by atoms with Crippen molar-refractivity contribution in [3.05, 3.63) is 85.8 Å². The molecule has 3 rings (SSSR count). The van der Waals surface area contributed by atoms with E-state index < -0.39 is 0 Å². The number of hydrogen-bond donors (Lipinski definition) is 1. The van der Waals surface area contributed by atoms with E-state index in [1.165, 1.54) is 0 Å². The predicted molar refractivity (Wildman–Crippen MR) is 139 cm³/mol. The Balaban J connectivity index is 1.47. The lowest BCUT2D eigenvalue weighted by atomic mass is 10.1. The van der Waals surface area contributed by atoms with Gasteiger partial charge in [0.15, 0.2) is 0 Å². The Morgan fingerprint density at radius 1 is 0.971 bits per heavy atom. The summed E-state index contributed by atoms with van der Waals surface area (Å²) in [6.07, 6.45) is 0.709. The Morgan fingerprint density at radius 2 is 1.68 bits per heavy atom. The molecular weight excluding hydrogens is 518 g/mol. The molecule has 7 heteroatoms. The first-order valence-corrected chi connectivity index (χ1v) is 12.1. The topological polar surface area (TPSA) is 64.6 Å². The molecule has 0 aliphatic rings. The lowest BCUT2D eigenvalue weighted by molar-refractivity contribution is -0.134. The maximum Gasteiger partial charge on any atom is 0.311 e. The largest absolute Gasteiger partial charge is 0.492 e. The Hall–Kier alpha value is -2.83. The minimum Gasteiger partial charge on any atom is -0.492 e. The van der Waals surface area contributed by atoms with E-state index in [1.807, 2.05) is 52.0 Å². The van der Waals surface area contributed by atoms with E-state index in [4.69, 9.17) is 21.1 Å². The number of ether oxygens (including phenoxy) is 2. The number of amides is 1. The highest BCUT2D eigenvalue weighted by Crippen LogP contribution is 2.35. The summed E-state index contributed by atoms with van der Waals surface area (Å²) in [5.41, 5.74) is 5.23. The highest BCUT2D eigenvalue weighted by Gasteiger charge is 2.12. The van der Waals surface area contributed by atoms with E-state index >= 15 is 0 Å². The van der Waals surface area contributed by atoms with E-state index in [-0.39, 0.29) is 18.3 Å². The molecule has 178 valence electrons. The maximum absolute atomic E-state index is 12.5. The number of nitrogens with one attached hydrogen (secondary N) is 1. The normalized spacial score (nSPS) is 10.6. The van der Waals surface area contributed by atoms with Crippen LogP contribution >= 0.6 is 27.5 Å². The summed E-state index contributed by atoms with van der Waals surface area (Å²) in [4.78, 5) is 24.7. The number of rotatable bonds is 8. The first-order chi connectivity index (χ1) is 16.2. The van der Waals surface area contributed by atoms with Crippen molar-refractivity contribution in [1.82, 2.24) is 0 Å². The molecule has 3 aromatic carbocycles. The fourth-order valence-electron chi connectivity index (χ4n) is 3.41. The Labute approximate surface area is 213 Å². The number of carbonyl (C=O) groups excluding carboxylic acids is 2. The summed E-state index contributed by atoms with van der Waals surface area (Å²) in [6.45, 7) is 8.16. The molecule has 0 aliphatic heterocycles. The molecule has 0 heterocycles.